The first kappa shape index (κ1) is 21.3. The summed E-state index contributed by atoms with van der Waals surface area (Å²) in [5.41, 5.74) is 2.43. The van der Waals surface area contributed by atoms with Gasteiger partial charge in [-0.15, -0.1) is 0 Å². The molecule has 1 heterocycles. The van der Waals surface area contributed by atoms with Crippen LogP contribution in [0.2, 0.25) is 0 Å². The van der Waals surface area contributed by atoms with Crippen molar-refractivity contribution in [3.05, 3.63) is 77.9 Å². The van der Waals surface area contributed by atoms with Crippen LogP contribution in [-0.2, 0) is 4.79 Å². The van der Waals surface area contributed by atoms with Gasteiger partial charge in [0.05, 0.1) is 12.6 Å². The molecule has 0 saturated carbocycles. The lowest BCUT2D eigenvalue weighted by molar-refractivity contribution is -0.123. The molecule has 2 aromatic rings. The zero-order valence-corrected chi connectivity index (χ0v) is 17.5. The van der Waals surface area contributed by atoms with Gasteiger partial charge in [0.2, 0.25) is 5.91 Å². The molecule has 4 nitrogen and oxygen atoms in total. The zero-order valence-electron chi connectivity index (χ0n) is 17.5. The zero-order chi connectivity index (χ0) is 20.3. The highest BCUT2D eigenvalue weighted by Gasteiger charge is 2.20. The summed E-state index contributed by atoms with van der Waals surface area (Å²) >= 11 is 0. The molecule has 0 spiro atoms. The average molecular weight is 392 g/mol. The van der Waals surface area contributed by atoms with Crippen LogP contribution in [0, 0.1) is 0 Å². The Labute approximate surface area is 175 Å². The molecule has 1 aliphatic heterocycles. The molecule has 0 radical (unpaired) electrons. The van der Waals surface area contributed by atoms with Gasteiger partial charge in [-0.3, -0.25) is 14.6 Å². The fourth-order valence-corrected chi connectivity index (χ4v) is 3.77. The van der Waals surface area contributed by atoms with Crippen LogP contribution in [0.15, 0.2) is 66.7 Å². The highest BCUT2D eigenvalue weighted by Crippen LogP contribution is 2.18. The van der Waals surface area contributed by atoms with Gasteiger partial charge in [0.15, 0.2) is 0 Å². The number of hydrogen-bond donors (Lipinski definition) is 1. The number of carbonyl (C=O) groups excluding carboxylic acids is 1. The molecule has 1 atom stereocenters. The summed E-state index contributed by atoms with van der Waals surface area (Å²) in [6.45, 7) is 7.50. The largest absolute Gasteiger partial charge is 0.348 e. The quantitative estimate of drug-likeness (QED) is 0.702. The third-order valence-electron chi connectivity index (χ3n) is 5.42. The Balaban J connectivity index is 1.40. The summed E-state index contributed by atoms with van der Waals surface area (Å²) in [6.07, 6.45) is 6.43. The van der Waals surface area contributed by atoms with E-state index in [9.17, 15) is 4.79 Å². The van der Waals surface area contributed by atoms with E-state index in [2.05, 4.69) is 70.6 Å². The molecule has 3 rings (SSSR count). The van der Waals surface area contributed by atoms with E-state index in [1.165, 1.54) is 11.1 Å². The number of carbonyl (C=O) groups is 1. The van der Waals surface area contributed by atoms with Crippen molar-refractivity contribution in [3.8, 4) is 0 Å². The summed E-state index contributed by atoms with van der Waals surface area (Å²) in [5, 5.41) is 3.24. The Morgan fingerprint density at radius 1 is 0.966 bits per heavy atom. The van der Waals surface area contributed by atoms with Crippen LogP contribution in [0.25, 0.3) is 6.08 Å². The maximum absolute atomic E-state index is 12.6. The molecule has 0 aliphatic carbocycles. The van der Waals surface area contributed by atoms with Gasteiger partial charge in [0.1, 0.15) is 0 Å². The van der Waals surface area contributed by atoms with E-state index in [-0.39, 0.29) is 11.9 Å². The summed E-state index contributed by atoms with van der Waals surface area (Å²) in [6, 6.07) is 20.8. The van der Waals surface area contributed by atoms with Crippen molar-refractivity contribution in [1.82, 2.24) is 15.1 Å². The van der Waals surface area contributed by atoms with E-state index in [0.717, 1.165) is 45.6 Å². The molecular weight excluding hydrogens is 358 g/mol. The maximum Gasteiger partial charge on any atom is 0.234 e. The fraction of sp³-hybridized carbons (Fsp3) is 0.400. The van der Waals surface area contributed by atoms with Crippen molar-refractivity contribution in [3.63, 3.8) is 0 Å². The normalized spacial score (nSPS) is 16.7. The minimum absolute atomic E-state index is 0.109. The number of hydrogen-bond acceptors (Lipinski definition) is 3. The fourth-order valence-electron chi connectivity index (χ4n) is 3.77. The third kappa shape index (κ3) is 7.15. The SMILES string of the molecule is CCC[C@@H](NC(=O)CN1CCN(C/C=C/c2ccccc2)CC1)c1ccccc1. The van der Waals surface area contributed by atoms with Gasteiger partial charge < -0.3 is 5.32 Å². The minimum atomic E-state index is 0.109. The number of rotatable bonds is 9. The molecule has 1 amide bonds. The van der Waals surface area contributed by atoms with E-state index in [4.69, 9.17) is 0 Å². The first-order valence-corrected chi connectivity index (χ1v) is 10.7. The molecule has 29 heavy (non-hydrogen) atoms. The monoisotopic (exact) mass is 391 g/mol. The van der Waals surface area contributed by atoms with E-state index in [0.29, 0.717) is 6.54 Å². The number of nitrogens with zero attached hydrogens (tertiary/aromatic N) is 2. The Hall–Kier alpha value is -2.43. The van der Waals surface area contributed by atoms with Crippen molar-refractivity contribution in [2.24, 2.45) is 0 Å². The first-order valence-electron chi connectivity index (χ1n) is 10.7. The van der Waals surface area contributed by atoms with Gasteiger partial charge in [-0.25, -0.2) is 0 Å². The van der Waals surface area contributed by atoms with Crippen LogP contribution >= 0.6 is 0 Å². The molecular formula is C25H33N3O. The van der Waals surface area contributed by atoms with Crippen LogP contribution in [0.3, 0.4) is 0 Å². The third-order valence-corrected chi connectivity index (χ3v) is 5.42. The average Bonchev–Trinajstić information content (AvgIpc) is 2.76. The lowest BCUT2D eigenvalue weighted by Gasteiger charge is -2.34. The molecule has 0 unspecified atom stereocenters. The molecule has 154 valence electrons. The van der Waals surface area contributed by atoms with Crippen molar-refractivity contribution in [1.29, 1.82) is 0 Å². The maximum atomic E-state index is 12.6. The van der Waals surface area contributed by atoms with Crippen LogP contribution < -0.4 is 5.32 Å². The van der Waals surface area contributed by atoms with E-state index >= 15 is 0 Å². The molecule has 1 saturated heterocycles. The van der Waals surface area contributed by atoms with Crippen molar-refractivity contribution in [2.45, 2.75) is 25.8 Å². The van der Waals surface area contributed by atoms with Crippen molar-refractivity contribution < 1.29 is 4.79 Å². The summed E-state index contributed by atoms with van der Waals surface area (Å²) in [7, 11) is 0. The number of benzene rings is 2. The molecule has 1 aliphatic rings. The second-order valence-electron chi connectivity index (χ2n) is 7.71. The number of amides is 1. The second-order valence-corrected chi connectivity index (χ2v) is 7.71. The minimum Gasteiger partial charge on any atom is -0.348 e. The van der Waals surface area contributed by atoms with E-state index in [1.807, 2.05) is 24.3 Å². The predicted octanol–water partition coefficient (Wildman–Crippen LogP) is 3.98. The van der Waals surface area contributed by atoms with Crippen LogP contribution in [0.4, 0.5) is 0 Å². The van der Waals surface area contributed by atoms with Crippen LogP contribution in [0.5, 0.6) is 0 Å². The van der Waals surface area contributed by atoms with Gasteiger partial charge in [-0.05, 0) is 17.5 Å². The van der Waals surface area contributed by atoms with E-state index < -0.39 is 0 Å². The Bertz CT molecular complexity index is 752. The summed E-state index contributed by atoms with van der Waals surface area (Å²) in [5.74, 6) is 0.129. The summed E-state index contributed by atoms with van der Waals surface area (Å²) < 4.78 is 0. The van der Waals surface area contributed by atoms with Gasteiger partial charge >= 0.3 is 0 Å². The topological polar surface area (TPSA) is 35.6 Å². The molecule has 0 aromatic heterocycles. The first-order chi connectivity index (χ1) is 14.2. The molecule has 4 heteroatoms. The number of piperazine rings is 1. The van der Waals surface area contributed by atoms with Crippen LogP contribution in [-0.4, -0.2) is 55.0 Å². The molecule has 1 N–H and O–H groups in total. The highest BCUT2D eigenvalue weighted by molar-refractivity contribution is 5.78. The van der Waals surface area contributed by atoms with E-state index in [1.54, 1.807) is 0 Å². The molecule has 0 bridgehead atoms. The van der Waals surface area contributed by atoms with Gasteiger partial charge in [0, 0.05) is 32.7 Å². The van der Waals surface area contributed by atoms with Crippen molar-refractivity contribution in [2.75, 3.05) is 39.3 Å². The van der Waals surface area contributed by atoms with Gasteiger partial charge in [0.25, 0.3) is 0 Å². The second kappa shape index (κ2) is 11.5. The number of nitrogens with one attached hydrogen (secondary N) is 1. The Morgan fingerprint density at radius 3 is 2.24 bits per heavy atom. The standard InChI is InChI=1S/C25H33N3O/c1-2-10-24(23-14-7-4-8-15-23)26-25(29)21-28-19-17-27(18-20-28)16-9-13-22-11-5-3-6-12-22/h3-9,11-15,24H,2,10,16-21H2,1H3,(H,26,29)/b13-9+/t24-/m1/s1. The smallest absolute Gasteiger partial charge is 0.234 e. The lowest BCUT2D eigenvalue weighted by Crippen LogP contribution is -2.49. The van der Waals surface area contributed by atoms with Gasteiger partial charge in [-0.2, -0.15) is 0 Å². The lowest BCUT2D eigenvalue weighted by atomic mass is 10.0. The molecule has 2 aromatic carbocycles. The predicted molar refractivity (Wildman–Crippen MR) is 121 cm³/mol. The van der Waals surface area contributed by atoms with Gasteiger partial charge in [-0.1, -0.05) is 86.2 Å². The van der Waals surface area contributed by atoms with Crippen molar-refractivity contribution >= 4 is 12.0 Å². The summed E-state index contributed by atoms with van der Waals surface area (Å²) in [4.78, 5) is 17.3. The highest BCUT2D eigenvalue weighted by atomic mass is 16.2. The Morgan fingerprint density at radius 2 is 1.59 bits per heavy atom. The van der Waals surface area contributed by atoms with Crippen LogP contribution in [0.1, 0.15) is 36.9 Å². The Kier molecular flexibility index (Phi) is 8.47. The molecule has 1 fully saturated rings.